The van der Waals surface area contributed by atoms with E-state index in [1.807, 2.05) is 30.0 Å². The SMILES string of the molecule is C=CCN1C(=S)NC(c2cccc(Cl)c2)C(c2nc(-c3ccc(OC)c(F)c3)no2)=C1C. The van der Waals surface area contributed by atoms with Crippen LogP contribution in [0, 0.1) is 5.82 Å². The van der Waals surface area contributed by atoms with Gasteiger partial charge in [0.2, 0.25) is 5.82 Å². The largest absolute Gasteiger partial charge is 0.494 e. The molecule has 6 nitrogen and oxygen atoms in total. The molecule has 1 atom stereocenters. The number of halogens is 2. The molecular weight excluding hydrogens is 451 g/mol. The van der Waals surface area contributed by atoms with Crippen LogP contribution in [0.3, 0.4) is 0 Å². The van der Waals surface area contributed by atoms with Crippen LogP contribution in [0.5, 0.6) is 5.75 Å². The van der Waals surface area contributed by atoms with E-state index in [1.54, 1.807) is 18.2 Å². The average Bonchev–Trinajstić information content (AvgIpc) is 3.26. The Hall–Kier alpha value is -3.23. The molecule has 0 fully saturated rings. The number of benzene rings is 2. The average molecular weight is 471 g/mol. The van der Waals surface area contributed by atoms with E-state index in [9.17, 15) is 4.39 Å². The fourth-order valence-electron chi connectivity index (χ4n) is 3.60. The van der Waals surface area contributed by atoms with Gasteiger partial charge in [-0.1, -0.05) is 35.0 Å². The van der Waals surface area contributed by atoms with Gasteiger partial charge in [0, 0.05) is 22.8 Å². The zero-order valence-corrected chi connectivity index (χ0v) is 19.0. The van der Waals surface area contributed by atoms with Gasteiger partial charge in [-0.15, -0.1) is 6.58 Å². The molecule has 9 heteroatoms. The molecule has 1 unspecified atom stereocenters. The lowest BCUT2D eigenvalue weighted by atomic mass is 9.95. The first-order valence-corrected chi connectivity index (χ1v) is 10.5. The van der Waals surface area contributed by atoms with Crippen LogP contribution in [0.1, 0.15) is 24.4 Å². The number of nitrogens with zero attached hydrogens (tertiary/aromatic N) is 3. The number of rotatable bonds is 6. The van der Waals surface area contributed by atoms with Crippen molar-refractivity contribution < 1.29 is 13.7 Å². The van der Waals surface area contributed by atoms with Crippen molar-refractivity contribution in [3.8, 4) is 17.1 Å². The molecule has 0 bridgehead atoms. The quantitative estimate of drug-likeness (QED) is 0.383. The van der Waals surface area contributed by atoms with Gasteiger partial charge < -0.3 is 19.5 Å². The zero-order chi connectivity index (χ0) is 22.8. The highest BCUT2D eigenvalue weighted by Gasteiger charge is 2.33. The molecule has 0 saturated heterocycles. The summed E-state index contributed by atoms with van der Waals surface area (Å²) < 4.78 is 24.8. The number of methoxy groups -OCH3 is 1. The number of aromatic nitrogens is 2. The Morgan fingerprint density at radius 1 is 1.34 bits per heavy atom. The second-order valence-corrected chi connectivity index (χ2v) is 7.93. The van der Waals surface area contributed by atoms with Crippen LogP contribution in [0.4, 0.5) is 4.39 Å². The van der Waals surface area contributed by atoms with Crippen LogP contribution in [0.15, 0.2) is 65.3 Å². The zero-order valence-electron chi connectivity index (χ0n) is 17.4. The highest BCUT2D eigenvalue weighted by molar-refractivity contribution is 7.80. The molecule has 1 aliphatic rings. The molecule has 1 N–H and O–H groups in total. The Morgan fingerprint density at radius 3 is 2.84 bits per heavy atom. The summed E-state index contributed by atoms with van der Waals surface area (Å²) in [5.74, 6) is 0.186. The van der Waals surface area contributed by atoms with Crippen LogP contribution in [0.25, 0.3) is 17.0 Å². The lowest BCUT2D eigenvalue weighted by Gasteiger charge is -2.36. The third-order valence-electron chi connectivity index (χ3n) is 5.16. The van der Waals surface area contributed by atoms with Crippen LogP contribution in [-0.4, -0.2) is 33.8 Å². The summed E-state index contributed by atoms with van der Waals surface area (Å²) in [6.07, 6.45) is 1.76. The Labute approximate surface area is 195 Å². The van der Waals surface area contributed by atoms with E-state index in [4.69, 9.17) is 33.1 Å². The fraction of sp³-hybridized carbons (Fsp3) is 0.174. The Kier molecular flexibility index (Phi) is 6.25. The number of nitrogens with one attached hydrogen (secondary N) is 1. The van der Waals surface area contributed by atoms with Crippen molar-refractivity contribution in [1.29, 1.82) is 0 Å². The monoisotopic (exact) mass is 470 g/mol. The first-order chi connectivity index (χ1) is 15.4. The van der Waals surface area contributed by atoms with Gasteiger partial charge in [-0.3, -0.25) is 0 Å². The number of thiocarbonyl (C=S) groups is 1. The minimum absolute atomic E-state index is 0.141. The predicted molar refractivity (Wildman–Crippen MR) is 126 cm³/mol. The molecule has 2 aromatic carbocycles. The lowest BCUT2D eigenvalue weighted by molar-refractivity contribution is 0.386. The van der Waals surface area contributed by atoms with Crippen molar-refractivity contribution in [1.82, 2.24) is 20.4 Å². The van der Waals surface area contributed by atoms with Crippen molar-refractivity contribution in [2.24, 2.45) is 0 Å². The third kappa shape index (κ3) is 4.11. The van der Waals surface area contributed by atoms with Crippen LogP contribution >= 0.6 is 23.8 Å². The topological polar surface area (TPSA) is 63.4 Å². The predicted octanol–water partition coefficient (Wildman–Crippen LogP) is 5.39. The third-order valence-corrected chi connectivity index (χ3v) is 5.73. The highest BCUT2D eigenvalue weighted by Crippen LogP contribution is 2.38. The molecule has 4 rings (SSSR count). The van der Waals surface area contributed by atoms with Gasteiger partial charge >= 0.3 is 0 Å². The molecule has 0 amide bonds. The van der Waals surface area contributed by atoms with Gasteiger partial charge in [-0.05, 0) is 55.0 Å². The van der Waals surface area contributed by atoms with E-state index < -0.39 is 5.82 Å². The maximum absolute atomic E-state index is 14.2. The minimum atomic E-state index is -0.509. The van der Waals surface area contributed by atoms with E-state index in [1.165, 1.54) is 19.2 Å². The normalized spacial score (nSPS) is 16.2. The maximum Gasteiger partial charge on any atom is 0.258 e. The van der Waals surface area contributed by atoms with Gasteiger partial charge in [-0.2, -0.15) is 4.98 Å². The number of hydrogen-bond donors (Lipinski definition) is 1. The van der Waals surface area contributed by atoms with Crippen molar-refractivity contribution >= 4 is 34.5 Å². The summed E-state index contributed by atoms with van der Waals surface area (Å²) in [6.45, 7) is 6.25. The van der Waals surface area contributed by atoms with Crippen LogP contribution in [-0.2, 0) is 0 Å². The fourth-order valence-corrected chi connectivity index (χ4v) is 4.13. The van der Waals surface area contributed by atoms with Gasteiger partial charge in [0.05, 0.1) is 18.7 Å². The standard InChI is InChI=1S/C23H20ClFN4O2S/c1-4-10-29-13(2)19(20(26-23(29)32)14-6-5-7-16(24)11-14)22-27-21(28-31-22)15-8-9-18(30-3)17(25)12-15/h4-9,11-12,20H,1,10H2,2-3H3,(H,26,32). The maximum atomic E-state index is 14.2. The first kappa shape index (κ1) is 22.0. The smallest absolute Gasteiger partial charge is 0.258 e. The Balaban J connectivity index is 1.81. The molecular formula is C23H20ClFN4O2S. The van der Waals surface area contributed by atoms with Crippen molar-refractivity contribution in [2.45, 2.75) is 13.0 Å². The second kappa shape index (κ2) is 9.10. The Bertz CT molecular complexity index is 1230. The number of ether oxygens (including phenoxy) is 1. The summed E-state index contributed by atoms with van der Waals surface area (Å²) in [6, 6.07) is 11.6. The van der Waals surface area contributed by atoms with E-state index in [2.05, 4.69) is 22.0 Å². The summed E-state index contributed by atoms with van der Waals surface area (Å²) in [4.78, 5) is 6.46. The van der Waals surface area contributed by atoms with E-state index in [-0.39, 0.29) is 17.6 Å². The molecule has 0 aliphatic carbocycles. The molecule has 0 radical (unpaired) electrons. The highest BCUT2D eigenvalue weighted by atomic mass is 35.5. The summed E-state index contributed by atoms with van der Waals surface area (Å²) in [7, 11) is 1.41. The summed E-state index contributed by atoms with van der Waals surface area (Å²) in [5.41, 5.74) is 2.95. The first-order valence-electron chi connectivity index (χ1n) is 9.76. The molecule has 2 heterocycles. The molecule has 3 aromatic rings. The minimum Gasteiger partial charge on any atom is -0.494 e. The van der Waals surface area contributed by atoms with Crippen molar-refractivity contribution in [3.05, 3.63) is 83.1 Å². The van der Waals surface area contributed by atoms with Crippen molar-refractivity contribution in [3.63, 3.8) is 0 Å². The molecule has 32 heavy (non-hydrogen) atoms. The molecule has 164 valence electrons. The van der Waals surface area contributed by atoms with Crippen molar-refractivity contribution in [2.75, 3.05) is 13.7 Å². The molecule has 0 saturated carbocycles. The van der Waals surface area contributed by atoms with Crippen LogP contribution in [0.2, 0.25) is 5.02 Å². The molecule has 0 spiro atoms. The van der Waals surface area contributed by atoms with Crippen LogP contribution < -0.4 is 10.1 Å². The van der Waals surface area contributed by atoms with Gasteiger partial charge in [-0.25, -0.2) is 4.39 Å². The summed E-state index contributed by atoms with van der Waals surface area (Å²) >= 11 is 11.8. The lowest BCUT2D eigenvalue weighted by Crippen LogP contribution is -2.45. The Morgan fingerprint density at radius 2 is 2.16 bits per heavy atom. The molecule has 1 aromatic heterocycles. The number of allylic oxidation sites excluding steroid dienone is 1. The van der Waals surface area contributed by atoms with E-state index >= 15 is 0 Å². The number of hydrogen-bond acceptors (Lipinski definition) is 5. The second-order valence-electron chi connectivity index (χ2n) is 7.11. The summed E-state index contributed by atoms with van der Waals surface area (Å²) in [5, 5.41) is 8.56. The van der Waals surface area contributed by atoms with E-state index in [0.717, 1.165) is 16.8 Å². The molecule has 1 aliphatic heterocycles. The van der Waals surface area contributed by atoms with Gasteiger partial charge in [0.15, 0.2) is 16.7 Å². The van der Waals surface area contributed by atoms with E-state index in [0.29, 0.717) is 28.1 Å². The van der Waals surface area contributed by atoms with Gasteiger partial charge in [0.1, 0.15) is 0 Å². The van der Waals surface area contributed by atoms with Gasteiger partial charge in [0.25, 0.3) is 5.89 Å².